The van der Waals surface area contributed by atoms with Crippen molar-refractivity contribution in [3.05, 3.63) is 17.3 Å². The van der Waals surface area contributed by atoms with Gasteiger partial charge in [-0.3, -0.25) is 4.79 Å². The molecule has 8 heteroatoms. The van der Waals surface area contributed by atoms with Crippen molar-refractivity contribution in [2.75, 3.05) is 0 Å². The van der Waals surface area contributed by atoms with Gasteiger partial charge in [-0.15, -0.1) is 13.2 Å². The maximum absolute atomic E-state index is 11.9. The van der Waals surface area contributed by atoms with Gasteiger partial charge in [0, 0.05) is 5.33 Å². The largest absolute Gasteiger partial charge is 0.574 e. The number of halogens is 4. The van der Waals surface area contributed by atoms with Crippen LogP contribution in [0.2, 0.25) is 0 Å². The zero-order valence-electron chi connectivity index (χ0n) is 7.58. The standard InChI is InChI=1S/C8H5BrF3NO3/c9-2-5-6(15)1-4(3-14)7(13-5)16-8(10,11)12/h1,3,15H,2H2. The Bertz CT molecular complexity index is 408. The molecule has 0 aliphatic heterocycles. The number of alkyl halides is 4. The first-order valence-electron chi connectivity index (χ1n) is 3.87. The lowest BCUT2D eigenvalue weighted by Crippen LogP contribution is -2.19. The number of ether oxygens (including phenoxy) is 1. The third-order valence-corrected chi connectivity index (χ3v) is 2.07. The molecule has 1 aromatic rings. The van der Waals surface area contributed by atoms with Crippen LogP contribution in [0, 0.1) is 0 Å². The van der Waals surface area contributed by atoms with E-state index in [9.17, 15) is 23.1 Å². The van der Waals surface area contributed by atoms with Crippen LogP contribution in [-0.2, 0) is 5.33 Å². The van der Waals surface area contributed by atoms with Gasteiger partial charge < -0.3 is 9.84 Å². The fourth-order valence-electron chi connectivity index (χ4n) is 0.911. The van der Waals surface area contributed by atoms with Crippen LogP contribution in [0.4, 0.5) is 13.2 Å². The van der Waals surface area contributed by atoms with E-state index in [2.05, 4.69) is 25.7 Å². The van der Waals surface area contributed by atoms with E-state index >= 15 is 0 Å². The topological polar surface area (TPSA) is 59.4 Å². The van der Waals surface area contributed by atoms with Crippen molar-refractivity contribution in [1.82, 2.24) is 4.98 Å². The molecule has 0 aliphatic rings. The van der Waals surface area contributed by atoms with Gasteiger partial charge in [-0.25, -0.2) is 4.98 Å². The maximum atomic E-state index is 11.9. The van der Waals surface area contributed by atoms with Crippen LogP contribution < -0.4 is 4.74 Å². The maximum Gasteiger partial charge on any atom is 0.574 e. The van der Waals surface area contributed by atoms with Crippen LogP contribution in [0.15, 0.2) is 6.07 Å². The summed E-state index contributed by atoms with van der Waals surface area (Å²) in [7, 11) is 0. The lowest BCUT2D eigenvalue weighted by Gasteiger charge is -2.11. The Labute approximate surface area is 96.2 Å². The average molecular weight is 300 g/mol. The molecule has 16 heavy (non-hydrogen) atoms. The van der Waals surface area contributed by atoms with Crippen molar-refractivity contribution in [3.63, 3.8) is 0 Å². The summed E-state index contributed by atoms with van der Waals surface area (Å²) in [5, 5.41) is 9.29. The van der Waals surface area contributed by atoms with Crippen molar-refractivity contribution in [2.24, 2.45) is 0 Å². The third kappa shape index (κ3) is 3.09. The van der Waals surface area contributed by atoms with Gasteiger partial charge in [0.05, 0.1) is 11.3 Å². The minimum Gasteiger partial charge on any atom is -0.506 e. The number of pyridine rings is 1. The zero-order chi connectivity index (χ0) is 12.3. The monoisotopic (exact) mass is 299 g/mol. The summed E-state index contributed by atoms with van der Waals surface area (Å²) < 4.78 is 39.4. The third-order valence-electron chi connectivity index (χ3n) is 1.54. The summed E-state index contributed by atoms with van der Waals surface area (Å²) in [4.78, 5) is 13.8. The molecule has 88 valence electrons. The van der Waals surface area contributed by atoms with Crippen molar-refractivity contribution in [2.45, 2.75) is 11.7 Å². The van der Waals surface area contributed by atoms with Crippen LogP contribution >= 0.6 is 15.9 Å². The Hall–Kier alpha value is -1.31. The van der Waals surface area contributed by atoms with Crippen LogP contribution in [0.3, 0.4) is 0 Å². The van der Waals surface area contributed by atoms with E-state index in [1.165, 1.54) is 0 Å². The molecule has 0 bridgehead atoms. The lowest BCUT2D eigenvalue weighted by atomic mass is 10.2. The highest BCUT2D eigenvalue weighted by Gasteiger charge is 2.33. The molecule has 0 fully saturated rings. The Morgan fingerprint density at radius 2 is 2.19 bits per heavy atom. The van der Waals surface area contributed by atoms with E-state index in [0.29, 0.717) is 0 Å². The second kappa shape index (κ2) is 4.69. The molecule has 1 aromatic heterocycles. The first-order chi connectivity index (χ1) is 7.37. The number of hydrogen-bond donors (Lipinski definition) is 1. The summed E-state index contributed by atoms with van der Waals surface area (Å²) in [6.07, 6.45) is -4.82. The number of nitrogens with zero attached hydrogens (tertiary/aromatic N) is 1. The normalized spacial score (nSPS) is 11.2. The molecule has 1 N–H and O–H groups in total. The Kier molecular flexibility index (Phi) is 3.74. The van der Waals surface area contributed by atoms with E-state index in [4.69, 9.17) is 0 Å². The summed E-state index contributed by atoms with van der Waals surface area (Å²) in [5.41, 5.74) is -0.524. The highest BCUT2D eigenvalue weighted by molar-refractivity contribution is 9.08. The number of aromatic hydroxyl groups is 1. The Morgan fingerprint density at radius 3 is 2.62 bits per heavy atom. The lowest BCUT2D eigenvalue weighted by molar-refractivity contribution is -0.276. The second-order valence-electron chi connectivity index (χ2n) is 2.65. The van der Waals surface area contributed by atoms with Gasteiger partial charge in [-0.1, -0.05) is 15.9 Å². The number of hydrogen-bond acceptors (Lipinski definition) is 4. The first-order valence-corrected chi connectivity index (χ1v) is 4.99. The van der Waals surface area contributed by atoms with Crippen molar-refractivity contribution in [1.29, 1.82) is 0 Å². The Balaban J connectivity index is 3.20. The molecule has 0 unspecified atom stereocenters. The van der Waals surface area contributed by atoms with Gasteiger partial charge in [0.15, 0.2) is 6.29 Å². The number of aldehydes is 1. The highest BCUT2D eigenvalue weighted by atomic mass is 79.9. The molecular weight excluding hydrogens is 295 g/mol. The highest BCUT2D eigenvalue weighted by Crippen LogP contribution is 2.28. The van der Waals surface area contributed by atoms with E-state index in [-0.39, 0.29) is 23.1 Å². The summed E-state index contributed by atoms with van der Waals surface area (Å²) in [6.45, 7) is 0. The van der Waals surface area contributed by atoms with E-state index in [1.807, 2.05) is 0 Å². The minimum absolute atomic E-state index is 0.0339. The van der Waals surface area contributed by atoms with Gasteiger partial charge in [-0.2, -0.15) is 0 Å². The predicted molar refractivity (Wildman–Crippen MR) is 50.6 cm³/mol. The fourth-order valence-corrected chi connectivity index (χ4v) is 1.32. The summed E-state index contributed by atoms with van der Waals surface area (Å²) in [5.74, 6) is -1.26. The van der Waals surface area contributed by atoms with Crippen LogP contribution in [0.1, 0.15) is 16.1 Å². The molecular formula is C8H5BrF3NO3. The van der Waals surface area contributed by atoms with E-state index in [0.717, 1.165) is 6.07 Å². The first kappa shape index (κ1) is 12.8. The van der Waals surface area contributed by atoms with Gasteiger partial charge in [0.1, 0.15) is 5.75 Å². The SMILES string of the molecule is O=Cc1cc(O)c(CBr)nc1OC(F)(F)F. The van der Waals surface area contributed by atoms with Gasteiger partial charge in [0.2, 0.25) is 5.88 Å². The summed E-state index contributed by atoms with van der Waals surface area (Å²) in [6, 6.07) is 0.859. The minimum atomic E-state index is -4.94. The molecule has 0 spiro atoms. The predicted octanol–water partition coefficient (Wildman–Crippen LogP) is 2.39. The number of aromatic nitrogens is 1. The molecule has 0 saturated heterocycles. The molecule has 0 aliphatic carbocycles. The van der Waals surface area contributed by atoms with Crippen LogP contribution in [0.25, 0.3) is 0 Å². The molecule has 0 radical (unpaired) electrons. The second-order valence-corrected chi connectivity index (χ2v) is 3.21. The number of rotatable bonds is 3. The molecule has 0 saturated carbocycles. The van der Waals surface area contributed by atoms with Crippen molar-refractivity contribution in [3.8, 4) is 11.6 Å². The van der Waals surface area contributed by atoms with Gasteiger partial charge in [-0.05, 0) is 6.07 Å². The van der Waals surface area contributed by atoms with E-state index < -0.39 is 17.8 Å². The zero-order valence-corrected chi connectivity index (χ0v) is 9.17. The number of carbonyl (C=O) groups excluding carboxylic acids is 1. The van der Waals surface area contributed by atoms with Crippen molar-refractivity contribution < 1.29 is 27.8 Å². The molecule has 0 atom stereocenters. The van der Waals surface area contributed by atoms with Crippen LogP contribution in [-0.4, -0.2) is 22.7 Å². The van der Waals surface area contributed by atoms with Crippen molar-refractivity contribution >= 4 is 22.2 Å². The quantitative estimate of drug-likeness (QED) is 0.688. The van der Waals surface area contributed by atoms with Crippen LogP contribution in [0.5, 0.6) is 11.6 Å². The molecule has 0 amide bonds. The summed E-state index contributed by atoms with van der Waals surface area (Å²) >= 11 is 2.92. The fraction of sp³-hybridized carbons (Fsp3) is 0.250. The van der Waals surface area contributed by atoms with E-state index in [1.54, 1.807) is 0 Å². The number of carbonyl (C=O) groups is 1. The molecule has 1 rings (SSSR count). The van der Waals surface area contributed by atoms with Gasteiger partial charge in [0.25, 0.3) is 0 Å². The average Bonchev–Trinajstić information content (AvgIpc) is 2.18. The Morgan fingerprint density at radius 1 is 1.56 bits per heavy atom. The smallest absolute Gasteiger partial charge is 0.506 e. The molecule has 1 heterocycles. The van der Waals surface area contributed by atoms with Gasteiger partial charge >= 0.3 is 6.36 Å². The molecule has 0 aromatic carbocycles. The molecule has 4 nitrogen and oxygen atoms in total.